The predicted octanol–water partition coefficient (Wildman–Crippen LogP) is 0.455. The lowest BCUT2D eigenvalue weighted by atomic mass is 9.60. The first kappa shape index (κ1) is 28.4. The third kappa shape index (κ3) is 3.72. The van der Waals surface area contributed by atoms with Gasteiger partial charge in [0.15, 0.2) is 11.4 Å². The van der Waals surface area contributed by atoms with Crippen LogP contribution >= 0.6 is 0 Å². The second-order valence-electron chi connectivity index (χ2n) is 12.4. The van der Waals surface area contributed by atoms with Gasteiger partial charge in [0, 0.05) is 24.6 Å². The summed E-state index contributed by atoms with van der Waals surface area (Å²) in [6.07, 6.45) is 3.10. The van der Waals surface area contributed by atoms with Gasteiger partial charge in [0.25, 0.3) is 5.91 Å². The van der Waals surface area contributed by atoms with E-state index in [0.29, 0.717) is 38.0 Å². The summed E-state index contributed by atoms with van der Waals surface area (Å²) in [5.41, 5.74) is 5.66. The van der Waals surface area contributed by atoms with E-state index in [1.165, 1.54) is 6.07 Å². The number of phenols is 1. The molecule has 1 spiro atoms. The van der Waals surface area contributed by atoms with Gasteiger partial charge in [0.1, 0.15) is 22.8 Å². The highest BCUT2D eigenvalue weighted by molar-refractivity contribution is 6.14. The molecule has 12 heteroatoms. The van der Waals surface area contributed by atoms with Crippen LogP contribution in [0.3, 0.4) is 0 Å². The molecule has 5 atom stereocenters. The van der Waals surface area contributed by atoms with E-state index in [-0.39, 0.29) is 29.2 Å². The number of epoxide rings is 1. The van der Waals surface area contributed by atoms with Gasteiger partial charge in [0.05, 0.1) is 18.2 Å². The second-order valence-corrected chi connectivity index (χ2v) is 12.4. The molecule has 0 bridgehead atoms. The summed E-state index contributed by atoms with van der Waals surface area (Å²) in [6.45, 7) is 1.27. The third-order valence-electron chi connectivity index (χ3n) is 9.48. The molecule has 1 fully saturated rings. The molecule has 0 radical (unpaired) electrons. The number of ketones is 1. The molecule has 1 aromatic carbocycles. The molecule has 0 saturated carbocycles. The molecule has 12 nitrogen and oxygen atoms in total. The summed E-state index contributed by atoms with van der Waals surface area (Å²) in [4.78, 5) is 44.2. The van der Waals surface area contributed by atoms with E-state index in [4.69, 9.17) is 10.5 Å². The zero-order chi connectivity index (χ0) is 30.5. The molecular formula is C30H36N4O8. The Hall–Kier alpha value is -3.71. The minimum Gasteiger partial charge on any atom is -0.510 e. The number of carbonyl (C=O) groups excluding carboxylic acids is 3. The van der Waals surface area contributed by atoms with Crippen LogP contribution < -0.4 is 5.73 Å². The molecule has 2 aliphatic heterocycles. The Morgan fingerprint density at radius 3 is 2.48 bits per heavy atom. The number of allylic oxidation sites excluding steroid dienone is 1. The Balaban J connectivity index is 1.42. The summed E-state index contributed by atoms with van der Waals surface area (Å²) >= 11 is 0. The van der Waals surface area contributed by atoms with E-state index in [0.717, 1.165) is 11.1 Å². The molecule has 1 aromatic rings. The number of nitrogens with two attached hydrogens (primary N) is 1. The fourth-order valence-corrected chi connectivity index (χ4v) is 7.67. The number of likely N-dealkylation sites (N-methyl/N-ethyl adjacent to an activating group) is 2. The highest BCUT2D eigenvalue weighted by Crippen LogP contribution is 2.68. The lowest BCUT2D eigenvalue weighted by Gasteiger charge is -2.46. The standard InChI is InChI=1S/C30H36N4O8/c1-32(2)13-20(36)34-9-7-14(8-10-34)16-5-6-19(35)22-17(16)11-15-12-18-24(33(3)4)26(38)23(28(31)40)30(41)29(18,42-30)27(39)21(15)25(22)37/h5-7,15,18,24,35,38-39,41H,8-13H2,1-4H3,(H2,31,40)/t15-,18-,24+,29-,30?/m0/s1. The van der Waals surface area contributed by atoms with E-state index in [2.05, 4.69) is 0 Å². The number of amides is 2. The van der Waals surface area contributed by atoms with Crippen molar-refractivity contribution >= 4 is 23.2 Å². The number of nitrogens with zero attached hydrogens (tertiary/aromatic N) is 3. The van der Waals surface area contributed by atoms with Crippen LogP contribution in [0.1, 0.15) is 34.3 Å². The van der Waals surface area contributed by atoms with Crippen molar-refractivity contribution in [2.75, 3.05) is 47.8 Å². The number of fused-ring (bicyclic) bond motifs is 2. The van der Waals surface area contributed by atoms with Gasteiger partial charge >= 0.3 is 0 Å². The number of hydrogen-bond donors (Lipinski definition) is 5. The van der Waals surface area contributed by atoms with E-state index in [9.17, 15) is 34.8 Å². The van der Waals surface area contributed by atoms with Gasteiger partial charge in [-0.25, -0.2) is 0 Å². The van der Waals surface area contributed by atoms with Crippen LogP contribution in [0, 0.1) is 11.8 Å². The van der Waals surface area contributed by atoms with E-state index < -0.39 is 58.0 Å². The molecule has 6 rings (SSSR count). The topological polar surface area (TPSA) is 180 Å². The van der Waals surface area contributed by atoms with Crippen molar-refractivity contribution in [1.29, 1.82) is 0 Å². The zero-order valence-corrected chi connectivity index (χ0v) is 24.0. The van der Waals surface area contributed by atoms with Crippen LogP contribution in [0.5, 0.6) is 5.75 Å². The number of primary amides is 1. The lowest BCUT2D eigenvalue weighted by Crippen LogP contribution is -2.57. The molecule has 1 unspecified atom stereocenters. The van der Waals surface area contributed by atoms with Gasteiger partial charge in [-0.2, -0.15) is 0 Å². The maximum Gasteiger partial charge on any atom is 0.253 e. The Morgan fingerprint density at radius 1 is 1.17 bits per heavy atom. The minimum atomic E-state index is -2.38. The average Bonchev–Trinajstić information content (AvgIpc) is 3.53. The average molecular weight is 581 g/mol. The van der Waals surface area contributed by atoms with Crippen molar-refractivity contribution in [3.05, 3.63) is 57.6 Å². The Bertz CT molecular complexity index is 1530. The van der Waals surface area contributed by atoms with Crippen LogP contribution in [-0.4, -0.2) is 118 Å². The highest BCUT2D eigenvalue weighted by Gasteiger charge is 2.84. The molecule has 5 aliphatic rings. The van der Waals surface area contributed by atoms with Crippen LogP contribution in [0.4, 0.5) is 0 Å². The summed E-state index contributed by atoms with van der Waals surface area (Å²) in [5.74, 6) is -6.41. The van der Waals surface area contributed by atoms with Gasteiger partial charge in [-0.1, -0.05) is 12.1 Å². The Labute approximate surface area is 242 Å². The number of aliphatic hydroxyl groups excluding tert-OH is 2. The van der Waals surface area contributed by atoms with Crippen LogP contribution in [0.2, 0.25) is 0 Å². The van der Waals surface area contributed by atoms with Crippen LogP contribution in [0.15, 0.2) is 40.9 Å². The number of rotatable bonds is 5. The number of benzene rings is 1. The fraction of sp³-hybridized carbons (Fsp3) is 0.500. The summed E-state index contributed by atoms with van der Waals surface area (Å²) in [5, 5.41) is 45.0. The van der Waals surface area contributed by atoms with Crippen molar-refractivity contribution < 1.29 is 39.5 Å². The molecule has 1 saturated heterocycles. The molecule has 2 amide bonds. The summed E-state index contributed by atoms with van der Waals surface area (Å²) in [6, 6.07) is 2.41. The maximum atomic E-state index is 14.0. The SMILES string of the molecule is CN(C)CC(=O)N1CC=C(c2ccc(O)c3c2C[C@H]2C[C@H]4[C@@H](N(C)C)C(O)=C(C(N)=O)C5(O)O[C@]45C(O)=C2C3=O)CC1. The fourth-order valence-electron chi connectivity index (χ4n) is 7.67. The van der Waals surface area contributed by atoms with Gasteiger partial charge < -0.3 is 40.7 Å². The number of aliphatic hydroxyl groups is 3. The predicted molar refractivity (Wildman–Crippen MR) is 150 cm³/mol. The highest BCUT2D eigenvalue weighted by atomic mass is 16.8. The van der Waals surface area contributed by atoms with Crippen molar-refractivity contribution in [2.24, 2.45) is 17.6 Å². The molecule has 3 aliphatic carbocycles. The van der Waals surface area contributed by atoms with Crippen molar-refractivity contribution in [1.82, 2.24) is 14.7 Å². The molecule has 6 N–H and O–H groups in total. The molecule has 42 heavy (non-hydrogen) atoms. The number of ether oxygens (including phenoxy) is 1. The largest absolute Gasteiger partial charge is 0.510 e. The summed E-state index contributed by atoms with van der Waals surface area (Å²) < 4.78 is 5.72. The van der Waals surface area contributed by atoms with E-state index >= 15 is 0 Å². The number of Topliss-reactive ketones (excluding diaryl/α,β-unsaturated/α-hetero) is 1. The van der Waals surface area contributed by atoms with Crippen molar-refractivity contribution in [3.63, 3.8) is 0 Å². The van der Waals surface area contributed by atoms with E-state index in [1.807, 2.05) is 25.1 Å². The number of aromatic hydroxyl groups is 1. The molecule has 2 heterocycles. The van der Waals surface area contributed by atoms with Crippen LogP contribution in [-0.2, 0) is 20.7 Å². The van der Waals surface area contributed by atoms with Gasteiger partial charge in [0.2, 0.25) is 11.7 Å². The quantitative estimate of drug-likeness (QED) is 0.307. The number of phenolic OH excluding ortho intramolecular Hbond substituents is 1. The second kappa shape index (κ2) is 9.40. The normalized spacial score (nSPS) is 31.9. The Morgan fingerprint density at radius 2 is 1.88 bits per heavy atom. The summed E-state index contributed by atoms with van der Waals surface area (Å²) in [7, 11) is 7.06. The maximum absolute atomic E-state index is 14.0. The first-order valence-corrected chi connectivity index (χ1v) is 14.0. The van der Waals surface area contributed by atoms with Gasteiger partial charge in [-0.05, 0) is 76.1 Å². The smallest absolute Gasteiger partial charge is 0.253 e. The minimum absolute atomic E-state index is 0.0166. The van der Waals surface area contributed by atoms with Crippen molar-refractivity contribution in [2.45, 2.75) is 36.7 Å². The first-order valence-electron chi connectivity index (χ1n) is 14.0. The lowest BCUT2D eigenvalue weighted by molar-refractivity contribution is -0.131. The Kier molecular flexibility index (Phi) is 6.36. The third-order valence-corrected chi connectivity index (χ3v) is 9.48. The van der Waals surface area contributed by atoms with Crippen LogP contribution in [0.25, 0.3) is 5.57 Å². The van der Waals surface area contributed by atoms with Gasteiger partial charge in [-0.15, -0.1) is 0 Å². The monoisotopic (exact) mass is 580 g/mol. The number of carbonyl (C=O) groups is 3. The van der Waals surface area contributed by atoms with Gasteiger partial charge in [-0.3, -0.25) is 19.3 Å². The first-order chi connectivity index (χ1) is 19.7. The molecular weight excluding hydrogens is 544 g/mol. The zero-order valence-electron chi connectivity index (χ0n) is 24.0. The molecule has 0 aromatic heterocycles. The number of hydrogen-bond acceptors (Lipinski definition) is 10. The molecule has 224 valence electrons. The van der Waals surface area contributed by atoms with Crippen molar-refractivity contribution in [3.8, 4) is 5.75 Å². The van der Waals surface area contributed by atoms with E-state index in [1.54, 1.807) is 30.0 Å².